The lowest BCUT2D eigenvalue weighted by atomic mass is 10.1. The van der Waals surface area contributed by atoms with Crippen molar-refractivity contribution < 1.29 is 18.1 Å². The molecule has 7 nitrogen and oxygen atoms in total. The maximum Gasteiger partial charge on any atom is 0.270 e. The van der Waals surface area contributed by atoms with Crippen LogP contribution in [0, 0.1) is 10.1 Å². The molecule has 0 amide bonds. The summed E-state index contributed by atoms with van der Waals surface area (Å²) in [5.74, 6) is 0.557. The summed E-state index contributed by atoms with van der Waals surface area (Å²) < 4.78 is 32.5. The maximum atomic E-state index is 12.4. The van der Waals surface area contributed by atoms with E-state index in [9.17, 15) is 18.5 Å². The van der Waals surface area contributed by atoms with Crippen molar-refractivity contribution in [2.24, 2.45) is 0 Å². The molecule has 0 unspecified atom stereocenters. The van der Waals surface area contributed by atoms with Crippen molar-refractivity contribution in [3.63, 3.8) is 0 Å². The molecule has 0 aliphatic carbocycles. The number of nitrogens with one attached hydrogen (secondary N) is 1. The second kappa shape index (κ2) is 6.76. The van der Waals surface area contributed by atoms with E-state index in [0.29, 0.717) is 11.3 Å². The minimum Gasteiger partial charge on any atom is -0.496 e. The molecule has 0 bridgehead atoms. The van der Waals surface area contributed by atoms with Gasteiger partial charge in [-0.2, -0.15) is 0 Å². The minimum atomic E-state index is -3.90. The quantitative estimate of drug-likeness (QED) is 0.646. The molecule has 0 aliphatic heterocycles. The molecule has 1 N–H and O–H groups in total. The Morgan fingerprint density at radius 2 is 1.87 bits per heavy atom. The highest BCUT2D eigenvalue weighted by Gasteiger charge is 2.22. The number of methoxy groups -OCH3 is 1. The van der Waals surface area contributed by atoms with Crippen LogP contribution in [0.15, 0.2) is 53.4 Å². The Morgan fingerprint density at radius 1 is 1.17 bits per heavy atom. The number of rotatable bonds is 6. The van der Waals surface area contributed by atoms with E-state index in [1.54, 1.807) is 31.2 Å². The monoisotopic (exact) mass is 336 g/mol. The molecule has 0 spiro atoms. The summed E-state index contributed by atoms with van der Waals surface area (Å²) >= 11 is 0. The number of hydrogen-bond acceptors (Lipinski definition) is 5. The Balaban J connectivity index is 2.31. The van der Waals surface area contributed by atoms with Gasteiger partial charge in [-0.05, 0) is 19.1 Å². The molecule has 2 rings (SSSR count). The standard InChI is InChI=1S/C15H16N2O5S/c1-11(14-8-3-4-9-15(14)22-2)16-23(20,21)13-7-5-6-12(10-13)17(18)19/h3-11,16H,1-2H3/t11-/m1/s1. The van der Waals surface area contributed by atoms with Gasteiger partial charge in [0.25, 0.3) is 5.69 Å². The number of para-hydroxylation sites is 1. The average Bonchev–Trinajstić information content (AvgIpc) is 2.54. The molecule has 0 heterocycles. The SMILES string of the molecule is COc1ccccc1[C@@H](C)NS(=O)(=O)c1cccc([N+](=O)[O-])c1. The van der Waals surface area contributed by atoms with E-state index < -0.39 is 21.0 Å². The van der Waals surface area contributed by atoms with E-state index in [4.69, 9.17) is 4.74 Å². The number of nitrogens with zero attached hydrogens (tertiary/aromatic N) is 1. The first-order chi connectivity index (χ1) is 10.8. The van der Waals surface area contributed by atoms with Crippen molar-refractivity contribution in [3.8, 4) is 5.75 Å². The third kappa shape index (κ3) is 3.85. The summed E-state index contributed by atoms with van der Waals surface area (Å²) in [5, 5.41) is 10.8. The molecule has 0 saturated carbocycles. The fourth-order valence-corrected chi connectivity index (χ4v) is 3.41. The molecular weight excluding hydrogens is 320 g/mol. The minimum absolute atomic E-state index is 0.159. The number of sulfonamides is 1. The summed E-state index contributed by atoms with van der Waals surface area (Å²) in [7, 11) is -2.40. The van der Waals surface area contributed by atoms with Crippen LogP contribution in [-0.4, -0.2) is 20.5 Å². The highest BCUT2D eigenvalue weighted by molar-refractivity contribution is 7.89. The van der Waals surface area contributed by atoms with Gasteiger partial charge < -0.3 is 4.74 Å². The third-order valence-electron chi connectivity index (χ3n) is 3.28. The van der Waals surface area contributed by atoms with E-state index in [-0.39, 0.29) is 10.6 Å². The van der Waals surface area contributed by atoms with Crippen molar-refractivity contribution in [3.05, 3.63) is 64.2 Å². The second-order valence-corrected chi connectivity index (χ2v) is 6.55. The van der Waals surface area contributed by atoms with Crippen LogP contribution in [-0.2, 0) is 10.0 Å². The van der Waals surface area contributed by atoms with Crippen molar-refractivity contribution in [1.29, 1.82) is 0 Å². The Morgan fingerprint density at radius 3 is 2.52 bits per heavy atom. The lowest BCUT2D eigenvalue weighted by Crippen LogP contribution is -2.27. The van der Waals surface area contributed by atoms with Gasteiger partial charge in [-0.25, -0.2) is 13.1 Å². The van der Waals surface area contributed by atoms with Crippen molar-refractivity contribution in [1.82, 2.24) is 4.72 Å². The van der Waals surface area contributed by atoms with Gasteiger partial charge in [-0.15, -0.1) is 0 Å². The molecule has 0 fully saturated rings. The summed E-state index contributed by atoms with van der Waals surface area (Å²) in [6.07, 6.45) is 0. The molecule has 23 heavy (non-hydrogen) atoms. The van der Waals surface area contributed by atoms with Gasteiger partial charge in [0.2, 0.25) is 10.0 Å². The zero-order valence-electron chi connectivity index (χ0n) is 12.6. The van der Waals surface area contributed by atoms with Crippen LogP contribution in [0.25, 0.3) is 0 Å². The van der Waals surface area contributed by atoms with Crippen LogP contribution in [0.3, 0.4) is 0 Å². The molecule has 2 aromatic rings. The lowest BCUT2D eigenvalue weighted by molar-refractivity contribution is -0.385. The zero-order valence-corrected chi connectivity index (χ0v) is 13.4. The maximum absolute atomic E-state index is 12.4. The average molecular weight is 336 g/mol. The molecule has 1 atom stereocenters. The van der Waals surface area contributed by atoms with E-state index in [1.165, 1.54) is 25.3 Å². The van der Waals surface area contributed by atoms with Gasteiger partial charge >= 0.3 is 0 Å². The highest BCUT2D eigenvalue weighted by Crippen LogP contribution is 2.26. The fourth-order valence-electron chi connectivity index (χ4n) is 2.15. The van der Waals surface area contributed by atoms with Crippen LogP contribution in [0.1, 0.15) is 18.5 Å². The van der Waals surface area contributed by atoms with E-state index in [2.05, 4.69) is 4.72 Å². The van der Waals surface area contributed by atoms with Gasteiger partial charge in [0.05, 0.1) is 16.9 Å². The van der Waals surface area contributed by atoms with E-state index >= 15 is 0 Å². The third-order valence-corrected chi connectivity index (χ3v) is 4.81. The molecule has 122 valence electrons. The predicted molar refractivity (Wildman–Crippen MR) is 84.8 cm³/mol. The Kier molecular flexibility index (Phi) is 4.97. The molecule has 0 saturated heterocycles. The molecular formula is C15H16N2O5S. The first-order valence-corrected chi connectivity index (χ1v) is 8.23. The van der Waals surface area contributed by atoms with Crippen LogP contribution in [0.4, 0.5) is 5.69 Å². The Labute approximate surface area is 134 Å². The summed E-state index contributed by atoms with van der Waals surface area (Å²) in [6.45, 7) is 1.67. The molecule has 2 aromatic carbocycles. The smallest absolute Gasteiger partial charge is 0.270 e. The van der Waals surface area contributed by atoms with Crippen molar-refractivity contribution in [2.45, 2.75) is 17.9 Å². The normalized spacial score (nSPS) is 12.6. The molecule has 8 heteroatoms. The highest BCUT2D eigenvalue weighted by atomic mass is 32.2. The van der Waals surface area contributed by atoms with Gasteiger partial charge in [0, 0.05) is 23.7 Å². The van der Waals surface area contributed by atoms with Gasteiger partial charge in [0.15, 0.2) is 0 Å². The van der Waals surface area contributed by atoms with Gasteiger partial charge in [-0.3, -0.25) is 10.1 Å². The number of hydrogen-bond donors (Lipinski definition) is 1. The number of nitro benzene ring substituents is 1. The number of nitro groups is 1. The van der Waals surface area contributed by atoms with Gasteiger partial charge in [-0.1, -0.05) is 24.3 Å². The largest absolute Gasteiger partial charge is 0.496 e. The van der Waals surface area contributed by atoms with Crippen LogP contribution >= 0.6 is 0 Å². The molecule has 0 aliphatic rings. The summed E-state index contributed by atoms with van der Waals surface area (Å²) in [6, 6.07) is 11.4. The predicted octanol–water partition coefficient (Wildman–Crippen LogP) is 2.64. The van der Waals surface area contributed by atoms with Crippen molar-refractivity contribution >= 4 is 15.7 Å². The van der Waals surface area contributed by atoms with Crippen LogP contribution in [0.5, 0.6) is 5.75 Å². The second-order valence-electron chi connectivity index (χ2n) is 4.84. The summed E-state index contributed by atoms with van der Waals surface area (Å²) in [5.41, 5.74) is 0.391. The van der Waals surface area contributed by atoms with E-state index in [0.717, 1.165) is 6.07 Å². The lowest BCUT2D eigenvalue weighted by Gasteiger charge is -2.17. The Bertz CT molecular complexity index is 820. The van der Waals surface area contributed by atoms with Gasteiger partial charge in [0.1, 0.15) is 5.75 Å². The Hall–Kier alpha value is -2.45. The van der Waals surface area contributed by atoms with Crippen LogP contribution in [0.2, 0.25) is 0 Å². The van der Waals surface area contributed by atoms with Crippen LogP contribution < -0.4 is 9.46 Å². The first-order valence-electron chi connectivity index (χ1n) is 6.75. The molecule has 0 radical (unpaired) electrons. The topological polar surface area (TPSA) is 98.5 Å². The number of non-ortho nitro benzene ring substituents is 1. The number of ether oxygens (including phenoxy) is 1. The zero-order chi connectivity index (χ0) is 17.0. The molecule has 0 aromatic heterocycles. The van der Waals surface area contributed by atoms with Crippen molar-refractivity contribution in [2.75, 3.05) is 7.11 Å². The van der Waals surface area contributed by atoms with E-state index in [1.807, 2.05) is 0 Å². The number of benzene rings is 2. The fraction of sp³-hybridized carbons (Fsp3) is 0.200. The first kappa shape index (κ1) is 16.9. The summed E-state index contributed by atoms with van der Waals surface area (Å²) in [4.78, 5) is 9.99.